The Morgan fingerprint density at radius 3 is 2.31 bits per heavy atom. The number of nitrogens with zero attached hydrogens (tertiary/aromatic N) is 2. The van der Waals surface area contributed by atoms with E-state index in [0.29, 0.717) is 5.91 Å². The van der Waals surface area contributed by atoms with Crippen LogP contribution in [-0.4, -0.2) is 48.4 Å². The lowest BCUT2D eigenvalue weighted by Gasteiger charge is -2.58. The van der Waals surface area contributed by atoms with E-state index < -0.39 is 0 Å². The summed E-state index contributed by atoms with van der Waals surface area (Å²) in [5, 5.41) is 0. The van der Waals surface area contributed by atoms with E-state index in [2.05, 4.69) is 25.7 Å². The zero-order chi connectivity index (χ0) is 12.1. The third kappa shape index (κ3) is 1.75. The molecule has 2 aliphatic heterocycles. The van der Waals surface area contributed by atoms with E-state index in [1.807, 2.05) is 14.1 Å². The van der Waals surface area contributed by atoms with Gasteiger partial charge in [-0.05, 0) is 39.5 Å². The highest BCUT2D eigenvalue weighted by Gasteiger charge is 2.56. The summed E-state index contributed by atoms with van der Waals surface area (Å²) in [5.41, 5.74) is 0.136. The average Bonchev–Trinajstić information content (AvgIpc) is 2.13. The maximum Gasteiger partial charge on any atom is 0.229 e. The monoisotopic (exact) mass is 224 g/mol. The highest BCUT2D eigenvalue weighted by molar-refractivity contribution is 5.84. The largest absolute Gasteiger partial charge is 0.348 e. The molecule has 0 radical (unpaired) electrons. The molecule has 3 fully saturated rings. The van der Waals surface area contributed by atoms with E-state index >= 15 is 0 Å². The van der Waals surface area contributed by atoms with Gasteiger partial charge in [-0.1, -0.05) is 0 Å². The Kier molecular flexibility index (Phi) is 2.57. The lowest BCUT2D eigenvalue weighted by Crippen LogP contribution is -2.65. The van der Waals surface area contributed by atoms with Crippen molar-refractivity contribution < 1.29 is 4.79 Å². The van der Waals surface area contributed by atoms with Gasteiger partial charge >= 0.3 is 0 Å². The van der Waals surface area contributed by atoms with Gasteiger partial charge in [-0.3, -0.25) is 9.69 Å². The fraction of sp³-hybridized carbons (Fsp3) is 0.923. The van der Waals surface area contributed by atoms with Crippen molar-refractivity contribution in [1.29, 1.82) is 0 Å². The standard InChI is InChI=1S/C13H24N2O/c1-12(2,3)15-8-10-6-13(7-10,9-15)11(16)14(4)5/h10H,6-9H2,1-5H3. The van der Waals surface area contributed by atoms with Crippen LogP contribution in [-0.2, 0) is 4.79 Å². The highest BCUT2D eigenvalue weighted by Crippen LogP contribution is 2.52. The quantitative estimate of drug-likeness (QED) is 0.675. The van der Waals surface area contributed by atoms with Gasteiger partial charge in [0, 0.05) is 32.7 Å². The van der Waals surface area contributed by atoms with Crippen LogP contribution in [0.25, 0.3) is 0 Å². The Labute approximate surface area is 98.8 Å². The molecular weight excluding hydrogens is 200 g/mol. The van der Waals surface area contributed by atoms with Gasteiger partial charge in [-0.15, -0.1) is 0 Å². The Hall–Kier alpha value is -0.570. The van der Waals surface area contributed by atoms with Gasteiger partial charge < -0.3 is 4.90 Å². The van der Waals surface area contributed by atoms with E-state index in [1.165, 1.54) is 6.54 Å². The van der Waals surface area contributed by atoms with Crippen molar-refractivity contribution in [2.75, 3.05) is 27.2 Å². The van der Waals surface area contributed by atoms with Crippen molar-refractivity contribution in [3.8, 4) is 0 Å². The Balaban J connectivity index is 2.12. The number of carbonyl (C=O) groups excluding carboxylic acids is 1. The van der Waals surface area contributed by atoms with Gasteiger partial charge in [0.05, 0.1) is 5.41 Å². The summed E-state index contributed by atoms with van der Waals surface area (Å²) in [7, 11) is 3.75. The van der Waals surface area contributed by atoms with Gasteiger partial charge in [0.25, 0.3) is 0 Å². The molecule has 0 aromatic rings. The molecule has 16 heavy (non-hydrogen) atoms. The molecule has 3 aliphatic rings. The number of hydrogen-bond donors (Lipinski definition) is 0. The Morgan fingerprint density at radius 1 is 1.31 bits per heavy atom. The number of amides is 1. The Morgan fingerprint density at radius 2 is 1.88 bits per heavy atom. The number of hydrogen-bond acceptors (Lipinski definition) is 2. The summed E-state index contributed by atoms with van der Waals surface area (Å²) < 4.78 is 0. The minimum Gasteiger partial charge on any atom is -0.348 e. The molecule has 3 nitrogen and oxygen atoms in total. The third-order valence-corrected chi connectivity index (χ3v) is 4.14. The van der Waals surface area contributed by atoms with Crippen molar-refractivity contribution in [3.63, 3.8) is 0 Å². The summed E-state index contributed by atoms with van der Waals surface area (Å²) in [6, 6.07) is 0. The van der Waals surface area contributed by atoms with Crippen molar-refractivity contribution in [2.24, 2.45) is 11.3 Å². The second kappa shape index (κ2) is 3.46. The smallest absolute Gasteiger partial charge is 0.229 e. The minimum absolute atomic E-state index is 0.0559. The normalized spacial score (nSPS) is 34.4. The van der Waals surface area contributed by atoms with Gasteiger partial charge in [0.2, 0.25) is 5.91 Å². The molecule has 0 aromatic carbocycles. The van der Waals surface area contributed by atoms with Crippen LogP contribution >= 0.6 is 0 Å². The molecule has 0 aromatic heterocycles. The van der Waals surface area contributed by atoms with Crippen LogP contribution in [0.1, 0.15) is 33.6 Å². The lowest BCUT2D eigenvalue weighted by molar-refractivity contribution is -0.163. The minimum atomic E-state index is -0.0559. The fourth-order valence-corrected chi connectivity index (χ4v) is 3.27. The van der Waals surface area contributed by atoms with Crippen LogP contribution < -0.4 is 0 Å². The first kappa shape index (κ1) is 11.9. The first-order valence-electron chi connectivity index (χ1n) is 6.21. The second-order valence-corrected chi connectivity index (χ2v) is 6.81. The van der Waals surface area contributed by atoms with Crippen molar-refractivity contribution in [1.82, 2.24) is 9.80 Å². The number of rotatable bonds is 1. The molecule has 0 N–H and O–H groups in total. The summed E-state index contributed by atoms with van der Waals surface area (Å²) in [6.45, 7) is 8.85. The molecule has 92 valence electrons. The van der Waals surface area contributed by atoms with Gasteiger partial charge in [-0.25, -0.2) is 0 Å². The Bertz CT molecular complexity index is 298. The third-order valence-electron chi connectivity index (χ3n) is 4.14. The van der Waals surface area contributed by atoms with E-state index in [1.54, 1.807) is 4.90 Å². The molecule has 0 spiro atoms. The first-order chi connectivity index (χ1) is 7.24. The van der Waals surface area contributed by atoms with Crippen molar-refractivity contribution in [3.05, 3.63) is 0 Å². The topological polar surface area (TPSA) is 23.6 Å². The van der Waals surface area contributed by atoms with E-state index in [9.17, 15) is 4.79 Å². The average molecular weight is 224 g/mol. The van der Waals surface area contributed by atoms with Crippen LogP contribution in [0.4, 0.5) is 0 Å². The maximum atomic E-state index is 12.2. The lowest BCUT2D eigenvalue weighted by atomic mass is 9.57. The summed E-state index contributed by atoms with van der Waals surface area (Å²) in [5.74, 6) is 1.08. The van der Waals surface area contributed by atoms with Crippen LogP contribution in [0.3, 0.4) is 0 Å². The molecule has 2 bridgehead atoms. The maximum absolute atomic E-state index is 12.2. The number of carbonyl (C=O) groups is 1. The van der Waals surface area contributed by atoms with Crippen LogP contribution in [0, 0.1) is 11.3 Å². The molecule has 2 heterocycles. The van der Waals surface area contributed by atoms with Crippen molar-refractivity contribution in [2.45, 2.75) is 39.2 Å². The summed E-state index contributed by atoms with van der Waals surface area (Å²) in [4.78, 5) is 16.5. The predicted molar refractivity (Wildman–Crippen MR) is 65.2 cm³/mol. The SMILES string of the molecule is CN(C)C(=O)C12CC(CN(C(C)(C)C)C1)C2. The first-order valence-corrected chi connectivity index (χ1v) is 6.21. The summed E-state index contributed by atoms with van der Waals surface area (Å²) >= 11 is 0. The number of piperidine rings is 2. The molecule has 0 unspecified atom stereocenters. The molecular formula is C13H24N2O. The molecule has 3 heteroatoms. The van der Waals surface area contributed by atoms with Crippen LogP contribution in [0.5, 0.6) is 0 Å². The van der Waals surface area contributed by atoms with E-state index in [-0.39, 0.29) is 11.0 Å². The molecule has 0 atom stereocenters. The summed E-state index contributed by atoms with van der Waals surface area (Å²) in [6.07, 6.45) is 2.22. The highest BCUT2D eigenvalue weighted by atomic mass is 16.2. The van der Waals surface area contributed by atoms with Crippen LogP contribution in [0.2, 0.25) is 0 Å². The van der Waals surface area contributed by atoms with Crippen LogP contribution in [0.15, 0.2) is 0 Å². The van der Waals surface area contributed by atoms with Crippen molar-refractivity contribution >= 4 is 5.91 Å². The predicted octanol–water partition coefficient (Wildman–Crippen LogP) is 1.59. The second-order valence-electron chi connectivity index (χ2n) is 6.81. The molecule has 1 aliphatic carbocycles. The van der Waals surface area contributed by atoms with Gasteiger partial charge in [-0.2, -0.15) is 0 Å². The zero-order valence-electron chi connectivity index (χ0n) is 11.2. The van der Waals surface area contributed by atoms with E-state index in [4.69, 9.17) is 0 Å². The molecule has 1 saturated carbocycles. The number of fused-ring (bicyclic) bond motifs is 2. The zero-order valence-corrected chi connectivity index (χ0v) is 11.2. The molecule has 2 saturated heterocycles. The molecule has 3 rings (SSSR count). The van der Waals surface area contributed by atoms with Gasteiger partial charge in [0.1, 0.15) is 0 Å². The fourth-order valence-electron chi connectivity index (χ4n) is 3.27. The van der Waals surface area contributed by atoms with E-state index in [0.717, 1.165) is 25.3 Å². The van der Waals surface area contributed by atoms with Gasteiger partial charge in [0.15, 0.2) is 0 Å². The molecule has 1 amide bonds.